The van der Waals surface area contributed by atoms with Gasteiger partial charge in [0.1, 0.15) is 11.6 Å². The molecule has 2 aliphatic rings. The van der Waals surface area contributed by atoms with E-state index in [9.17, 15) is 18.0 Å². The van der Waals surface area contributed by atoms with Crippen LogP contribution in [-0.2, 0) is 19.6 Å². The summed E-state index contributed by atoms with van der Waals surface area (Å²) in [5, 5.41) is 8.88. The largest absolute Gasteiger partial charge is 0.444 e. The molecule has 2 saturated heterocycles. The topological polar surface area (TPSA) is 111 Å². The SMILES string of the molecule is CC(C)(C)OC(=O)N1CCC[C@H]1C(=O)N1CCN(S(=O)(=O)c2ccc(C#N)cc2)CC1. The predicted octanol–water partition coefficient (Wildman–Crippen LogP) is 1.79. The van der Waals surface area contributed by atoms with E-state index in [1.54, 1.807) is 25.7 Å². The van der Waals surface area contributed by atoms with Crippen LogP contribution in [0.1, 0.15) is 39.2 Å². The normalized spacial score (nSPS) is 20.4. The van der Waals surface area contributed by atoms with Gasteiger partial charge in [-0.3, -0.25) is 9.69 Å². The average molecular weight is 449 g/mol. The van der Waals surface area contributed by atoms with Crippen LogP contribution in [0.25, 0.3) is 0 Å². The Balaban J connectivity index is 1.62. The Morgan fingerprint density at radius 2 is 1.68 bits per heavy atom. The summed E-state index contributed by atoms with van der Waals surface area (Å²) < 4.78 is 32.5. The van der Waals surface area contributed by atoms with Crippen molar-refractivity contribution >= 4 is 22.0 Å². The molecular formula is C21H28N4O5S. The van der Waals surface area contributed by atoms with Crippen LogP contribution in [0.2, 0.25) is 0 Å². The van der Waals surface area contributed by atoms with E-state index in [2.05, 4.69) is 0 Å². The Labute approximate surface area is 183 Å². The molecule has 0 saturated carbocycles. The highest BCUT2D eigenvalue weighted by atomic mass is 32.2. The number of nitrogens with zero attached hydrogens (tertiary/aromatic N) is 4. The quantitative estimate of drug-likeness (QED) is 0.697. The highest BCUT2D eigenvalue weighted by Crippen LogP contribution is 2.24. The summed E-state index contributed by atoms with van der Waals surface area (Å²) in [6.07, 6.45) is 0.801. The fourth-order valence-electron chi connectivity index (χ4n) is 3.77. The minimum absolute atomic E-state index is 0.123. The molecule has 0 bridgehead atoms. The molecule has 0 aliphatic carbocycles. The molecule has 10 heteroatoms. The van der Waals surface area contributed by atoms with Crippen molar-refractivity contribution in [2.24, 2.45) is 0 Å². The van der Waals surface area contributed by atoms with Gasteiger partial charge < -0.3 is 9.64 Å². The van der Waals surface area contributed by atoms with E-state index >= 15 is 0 Å². The van der Waals surface area contributed by atoms with E-state index in [0.29, 0.717) is 18.5 Å². The monoisotopic (exact) mass is 448 g/mol. The van der Waals surface area contributed by atoms with Gasteiger partial charge in [-0.05, 0) is 57.9 Å². The lowest BCUT2D eigenvalue weighted by molar-refractivity contribution is -0.137. The maximum atomic E-state index is 13.1. The fourth-order valence-corrected chi connectivity index (χ4v) is 5.19. The third-order valence-corrected chi connectivity index (χ3v) is 7.25. The van der Waals surface area contributed by atoms with Gasteiger partial charge in [0, 0.05) is 32.7 Å². The van der Waals surface area contributed by atoms with Crippen molar-refractivity contribution in [1.82, 2.24) is 14.1 Å². The van der Waals surface area contributed by atoms with Gasteiger partial charge in [-0.1, -0.05) is 0 Å². The molecule has 1 aromatic carbocycles. The molecule has 2 heterocycles. The van der Waals surface area contributed by atoms with E-state index in [-0.39, 0.29) is 37.0 Å². The third-order valence-electron chi connectivity index (χ3n) is 5.34. The van der Waals surface area contributed by atoms with E-state index in [1.165, 1.54) is 33.5 Å². The molecule has 0 radical (unpaired) electrons. The average Bonchev–Trinajstić information content (AvgIpc) is 3.22. The summed E-state index contributed by atoms with van der Waals surface area (Å²) in [5.74, 6) is -0.168. The molecule has 0 N–H and O–H groups in total. The first-order valence-corrected chi connectivity index (χ1v) is 11.8. The van der Waals surface area contributed by atoms with E-state index in [4.69, 9.17) is 10.00 Å². The van der Waals surface area contributed by atoms with Gasteiger partial charge in [0.25, 0.3) is 0 Å². The number of piperazine rings is 1. The van der Waals surface area contributed by atoms with Crippen LogP contribution in [0, 0.1) is 11.3 Å². The second-order valence-electron chi connectivity index (χ2n) is 8.70. The molecule has 31 heavy (non-hydrogen) atoms. The van der Waals surface area contributed by atoms with Crippen LogP contribution in [0.15, 0.2) is 29.2 Å². The van der Waals surface area contributed by atoms with Gasteiger partial charge in [0.05, 0.1) is 16.5 Å². The number of rotatable bonds is 3. The number of carbonyl (C=O) groups is 2. The molecule has 9 nitrogen and oxygen atoms in total. The Bertz CT molecular complexity index is 971. The molecule has 3 rings (SSSR count). The fraction of sp³-hybridized carbons (Fsp3) is 0.571. The van der Waals surface area contributed by atoms with E-state index < -0.39 is 27.8 Å². The zero-order valence-corrected chi connectivity index (χ0v) is 18.9. The summed E-state index contributed by atoms with van der Waals surface area (Å²) >= 11 is 0. The number of carbonyl (C=O) groups excluding carboxylic acids is 2. The third kappa shape index (κ3) is 5.17. The maximum absolute atomic E-state index is 13.1. The standard InChI is InChI=1S/C21H28N4O5S/c1-21(2,3)30-20(27)25-10-4-5-18(25)19(26)23-11-13-24(14-12-23)31(28,29)17-8-6-16(15-22)7-9-17/h6-9,18H,4-5,10-14H2,1-3H3/t18-/m0/s1. The van der Waals surface area contributed by atoms with E-state index in [0.717, 1.165) is 6.42 Å². The summed E-state index contributed by atoms with van der Waals surface area (Å²) in [6.45, 7) is 6.68. The van der Waals surface area contributed by atoms with Crippen molar-refractivity contribution in [1.29, 1.82) is 5.26 Å². The van der Waals surface area contributed by atoms with Crippen LogP contribution in [0.5, 0.6) is 0 Å². The summed E-state index contributed by atoms with van der Waals surface area (Å²) in [7, 11) is -3.70. The Morgan fingerprint density at radius 1 is 1.06 bits per heavy atom. The molecule has 1 aromatic rings. The molecule has 2 amide bonds. The number of hydrogen-bond acceptors (Lipinski definition) is 6. The second kappa shape index (κ2) is 8.85. The second-order valence-corrected chi connectivity index (χ2v) is 10.6. The maximum Gasteiger partial charge on any atom is 0.410 e. The minimum Gasteiger partial charge on any atom is -0.444 e. The first-order valence-electron chi connectivity index (χ1n) is 10.3. The number of nitriles is 1. The van der Waals surface area contributed by atoms with Gasteiger partial charge >= 0.3 is 6.09 Å². The van der Waals surface area contributed by atoms with Crippen molar-refractivity contribution in [3.8, 4) is 6.07 Å². The predicted molar refractivity (Wildman–Crippen MR) is 112 cm³/mol. The molecule has 168 valence electrons. The van der Waals surface area contributed by atoms with E-state index in [1.807, 2.05) is 6.07 Å². The summed E-state index contributed by atoms with van der Waals surface area (Å²) in [4.78, 5) is 28.8. The van der Waals surface area contributed by atoms with Gasteiger partial charge in [-0.25, -0.2) is 13.2 Å². The molecule has 2 fully saturated rings. The lowest BCUT2D eigenvalue weighted by atomic mass is 10.1. The van der Waals surface area contributed by atoms with Crippen LogP contribution in [0.3, 0.4) is 0 Å². The first kappa shape index (κ1) is 23.0. The Kier molecular flexibility index (Phi) is 6.57. The lowest BCUT2D eigenvalue weighted by Crippen LogP contribution is -2.55. The van der Waals surface area contributed by atoms with Crippen molar-refractivity contribution in [2.45, 2.75) is 50.2 Å². The zero-order valence-electron chi connectivity index (χ0n) is 18.1. The van der Waals surface area contributed by atoms with Crippen LogP contribution in [0.4, 0.5) is 4.79 Å². The van der Waals surface area contributed by atoms with Gasteiger partial charge in [-0.2, -0.15) is 9.57 Å². The van der Waals surface area contributed by atoms with Gasteiger partial charge in [0.2, 0.25) is 15.9 Å². The molecule has 2 aliphatic heterocycles. The van der Waals surface area contributed by atoms with Gasteiger partial charge in [-0.15, -0.1) is 0 Å². The van der Waals surface area contributed by atoms with Crippen LogP contribution < -0.4 is 0 Å². The molecule has 0 aromatic heterocycles. The van der Waals surface area contributed by atoms with Crippen molar-refractivity contribution in [3.63, 3.8) is 0 Å². The number of ether oxygens (including phenoxy) is 1. The molecule has 1 atom stereocenters. The number of amides is 2. The van der Waals surface area contributed by atoms with Crippen molar-refractivity contribution < 1.29 is 22.7 Å². The lowest BCUT2D eigenvalue weighted by Gasteiger charge is -2.37. The number of sulfonamides is 1. The number of hydrogen-bond donors (Lipinski definition) is 0. The smallest absolute Gasteiger partial charge is 0.410 e. The zero-order chi connectivity index (χ0) is 22.8. The minimum atomic E-state index is -3.70. The van der Waals surface area contributed by atoms with Crippen molar-refractivity contribution in [2.75, 3.05) is 32.7 Å². The summed E-state index contributed by atoms with van der Waals surface area (Å²) in [5.41, 5.74) is -0.251. The van der Waals surface area contributed by atoms with Gasteiger partial charge in [0.15, 0.2) is 0 Å². The number of likely N-dealkylation sites (tertiary alicyclic amines) is 1. The van der Waals surface area contributed by atoms with Crippen LogP contribution >= 0.6 is 0 Å². The Hall–Kier alpha value is -2.64. The first-order chi connectivity index (χ1) is 14.5. The molecule has 0 unspecified atom stereocenters. The van der Waals surface area contributed by atoms with Crippen LogP contribution in [-0.4, -0.2) is 78.9 Å². The summed E-state index contributed by atoms with van der Waals surface area (Å²) in [6, 6.07) is 7.17. The molecular weight excluding hydrogens is 420 g/mol. The Morgan fingerprint density at radius 3 is 2.23 bits per heavy atom. The highest BCUT2D eigenvalue weighted by Gasteiger charge is 2.40. The van der Waals surface area contributed by atoms with Crippen molar-refractivity contribution in [3.05, 3.63) is 29.8 Å². The molecule has 0 spiro atoms. The highest BCUT2D eigenvalue weighted by molar-refractivity contribution is 7.89. The number of benzene rings is 1.